The lowest BCUT2D eigenvalue weighted by atomic mass is 10.4. The first-order valence-electron chi connectivity index (χ1n) is 22.1. The molecule has 1 rings (SSSR count). The van der Waals surface area contributed by atoms with Gasteiger partial charge in [0, 0.05) is 71.0 Å². The van der Waals surface area contributed by atoms with Crippen molar-refractivity contribution in [3.05, 3.63) is 38.0 Å². The summed E-state index contributed by atoms with van der Waals surface area (Å²) < 4.78 is 66.3. The molecular formula is C41H75N3O17Si4. The topological polar surface area (TPSA) is 240 Å². The Kier molecular flexibility index (Phi) is 31.1. The highest BCUT2D eigenvalue weighted by Gasteiger charge is 2.56. The summed E-state index contributed by atoms with van der Waals surface area (Å²) in [7, 11) is -10.3. The van der Waals surface area contributed by atoms with Crippen molar-refractivity contribution < 1.29 is 78.4 Å². The minimum atomic E-state index is -3.04. The largest absolute Gasteiger partial charge is 0.461 e. The molecule has 65 heavy (non-hydrogen) atoms. The number of nitrogens with one attached hydrogen (secondary N) is 3. The summed E-state index contributed by atoms with van der Waals surface area (Å²) in [4.78, 5) is 70.3. The molecule has 2 atom stereocenters. The molecule has 2 unspecified atom stereocenters. The molecule has 0 aliphatic carbocycles. The zero-order valence-corrected chi connectivity index (χ0v) is 43.3. The standard InChI is InChI=1S/C41H75N3O17Si4/c1-9-39(48)55-29-19-42-36(45)16-26-52-23-13-33-63(6)58-62(5,32-12-22-51-4)59-64(7,34-14-24-53-27-17-37(46)43-20-30-56-40(49)10-2)61-65(8,60-63)35-15-25-54-28-18-38(47)44-21-31-57-41(50)11-3/h9-11H,1-3,12-35H2,4-8H3,(H,42,45)(H,43,46)(H,44,47). The van der Waals surface area contributed by atoms with E-state index in [2.05, 4.69) is 55.3 Å². The molecule has 0 radical (unpaired) electrons. The fourth-order valence-electron chi connectivity index (χ4n) is 6.61. The predicted octanol–water partition coefficient (Wildman–Crippen LogP) is 3.32. The molecule has 1 fully saturated rings. The van der Waals surface area contributed by atoms with Gasteiger partial charge in [0.1, 0.15) is 19.8 Å². The maximum atomic E-state index is 12.2. The number of carbonyl (C=O) groups excluding carboxylic acids is 6. The number of hydrogen-bond donors (Lipinski definition) is 3. The molecule has 372 valence electrons. The molecule has 1 aliphatic heterocycles. The van der Waals surface area contributed by atoms with Gasteiger partial charge in [0.15, 0.2) is 0 Å². The second-order valence-corrected chi connectivity index (χ2v) is 29.9. The van der Waals surface area contributed by atoms with Crippen LogP contribution in [0, 0.1) is 0 Å². The van der Waals surface area contributed by atoms with Crippen molar-refractivity contribution in [2.75, 3.05) is 92.8 Å². The van der Waals surface area contributed by atoms with E-state index in [9.17, 15) is 28.8 Å². The summed E-state index contributed by atoms with van der Waals surface area (Å²) >= 11 is 0. The lowest BCUT2D eigenvalue weighted by Gasteiger charge is -2.50. The Morgan fingerprint density at radius 3 is 0.938 bits per heavy atom. The van der Waals surface area contributed by atoms with E-state index < -0.39 is 52.2 Å². The summed E-state index contributed by atoms with van der Waals surface area (Å²) in [5, 5.41) is 8.06. The molecule has 0 bridgehead atoms. The molecule has 1 aliphatic rings. The molecule has 0 aromatic heterocycles. The number of esters is 3. The van der Waals surface area contributed by atoms with Crippen LogP contribution in [0.25, 0.3) is 0 Å². The van der Waals surface area contributed by atoms with Crippen LogP contribution in [0.1, 0.15) is 44.9 Å². The maximum absolute atomic E-state index is 12.2. The van der Waals surface area contributed by atoms with Crippen LogP contribution in [-0.4, -0.2) is 163 Å². The molecule has 24 heteroatoms. The zero-order chi connectivity index (χ0) is 48.5. The van der Waals surface area contributed by atoms with Crippen LogP contribution >= 0.6 is 0 Å². The average molecular weight is 994 g/mol. The number of amides is 3. The van der Waals surface area contributed by atoms with E-state index >= 15 is 0 Å². The summed E-state index contributed by atoms with van der Waals surface area (Å²) in [6.45, 7) is 21.2. The van der Waals surface area contributed by atoms with Gasteiger partial charge in [0.05, 0.1) is 39.5 Å². The first-order valence-corrected chi connectivity index (χ1v) is 32.2. The van der Waals surface area contributed by atoms with Gasteiger partial charge in [0.2, 0.25) is 17.7 Å². The molecule has 0 saturated carbocycles. The summed E-state index contributed by atoms with van der Waals surface area (Å²) in [5.41, 5.74) is 0. The van der Waals surface area contributed by atoms with Gasteiger partial charge >= 0.3 is 52.2 Å². The third-order valence-electron chi connectivity index (χ3n) is 9.39. The minimum Gasteiger partial charge on any atom is -0.461 e. The first kappa shape index (κ1) is 59.6. The second-order valence-electron chi connectivity index (χ2n) is 15.6. The van der Waals surface area contributed by atoms with Gasteiger partial charge in [0.25, 0.3) is 0 Å². The highest BCUT2D eigenvalue weighted by Crippen LogP contribution is 2.38. The smallest absolute Gasteiger partial charge is 0.330 e. The highest BCUT2D eigenvalue weighted by atomic mass is 28.5. The number of ether oxygens (including phenoxy) is 7. The molecular weight excluding hydrogens is 919 g/mol. The van der Waals surface area contributed by atoms with Crippen molar-refractivity contribution in [2.24, 2.45) is 0 Å². The van der Waals surface area contributed by atoms with Gasteiger partial charge in [-0.15, -0.1) is 0 Å². The minimum absolute atomic E-state index is 0.0449. The quantitative estimate of drug-likeness (QED) is 0.0266. The lowest BCUT2D eigenvalue weighted by molar-refractivity contribution is -0.138. The van der Waals surface area contributed by atoms with E-state index in [1.807, 2.05) is 6.55 Å². The third kappa shape index (κ3) is 29.8. The van der Waals surface area contributed by atoms with Crippen LogP contribution in [0.3, 0.4) is 0 Å². The van der Waals surface area contributed by atoms with E-state index in [0.717, 1.165) is 24.6 Å². The summed E-state index contributed by atoms with van der Waals surface area (Å²) in [6.07, 6.45) is 6.17. The molecule has 3 amide bonds. The molecule has 1 heterocycles. The Hall–Kier alpha value is -3.41. The molecule has 3 N–H and O–H groups in total. The Morgan fingerprint density at radius 2 is 0.692 bits per heavy atom. The van der Waals surface area contributed by atoms with Crippen LogP contribution in [0.5, 0.6) is 0 Å². The Balaban J connectivity index is 2.97. The van der Waals surface area contributed by atoms with Gasteiger partial charge in [-0.05, 0) is 76.0 Å². The third-order valence-corrected chi connectivity index (χ3v) is 28.3. The predicted molar refractivity (Wildman–Crippen MR) is 249 cm³/mol. The van der Waals surface area contributed by atoms with Gasteiger partial charge < -0.3 is 65.6 Å². The number of rotatable bonds is 37. The van der Waals surface area contributed by atoms with Gasteiger partial charge in [-0.25, -0.2) is 14.4 Å². The Bertz CT molecular complexity index is 1430. The number of carbonyl (C=O) groups is 6. The van der Waals surface area contributed by atoms with E-state index in [1.165, 1.54) is 0 Å². The maximum Gasteiger partial charge on any atom is 0.330 e. The molecule has 20 nitrogen and oxygen atoms in total. The molecule has 0 aromatic rings. The second kappa shape index (κ2) is 34.0. The van der Waals surface area contributed by atoms with Crippen LogP contribution in [0.4, 0.5) is 0 Å². The van der Waals surface area contributed by atoms with Crippen molar-refractivity contribution in [1.29, 1.82) is 0 Å². The van der Waals surface area contributed by atoms with Gasteiger partial charge in [-0.3, -0.25) is 14.4 Å². The average Bonchev–Trinajstić information content (AvgIpc) is 3.25. The van der Waals surface area contributed by atoms with Crippen LogP contribution < -0.4 is 16.0 Å². The zero-order valence-electron chi connectivity index (χ0n) is 39.3. The fraction of sp³-hybridized carbons (Fsp3) is 0.707. The van der Waals surface area contributed by atoms with Crippen molar-refractivity contribution in [3.63, 3.8) is 0 Å². The van der Waals surface area contributed by atoms with Gasteiger partial charge in [-0.2, -0.15) is 0 Å². The van der Waals surface area contributed by atoms with E-state index in [0.29, 0.717) is 69.9 Å². The molecule has 0 aromatic carbocycles. The highest BCUT2D eigenvalue weighted by molar-refractivity contribution is 6.93. The Labute approximate surface area is 389 Å². The van der Waals surface area contributed by atoms with E-state index in [1.54, 1.807) is 7.11 Å². The lowest BCUT2D eigenvalue weighted by Crippen LogP contribution is -2.67. The monoisotopic (exact) mass is 993 g/mol. The van der Waals surface area contributed by atoms with Crippen molar-refractivity contribution in [1.82, 2.24) is 16.0 Å². The Morgan fingerprint density at radius 1 is 0.431 bits per heavy atom. The van der Waals surface area contributed by atoms with E-state index in [-0.39, 0.29) is 96.3 Å². The van der Waals surface area contributed by atoms with Crippen molar-refractivity contribution >= 4 is 69.9 Å². The normalized spacial score (nSPS) is 21.7. The molecule has 0 spiro atoms. The van der Waals surface area contributed by atoms with Crippen molar-refractivity contribution in [2.45, 2.75) is 95.3 Å². The van der Waals surface area contributed by atoms with Crippen LogP contribution in [0.15, 0.2) is 38.0 Å². The SMILES string of the molecule is C=CC(=O)OCCNC(=O)CCOCCC[Si]1(C)O[Si](C)(CCCOC)O[Si](C)(CCCOCCC(=O)NCCOC(=O)C=C)O[Si](C)(CCCOCCC(=O)NCCOC(=O)C=C)O1. The fourth-order valence-corrected chi connectivity index (χ4v) is 29.8. The van der Waals surface area contributed by atoms with Crippen molar-refractivity contribution in [3.8, 4) is 0 Å². The van der Waals surface area contributed by atoms with Crippen LogP contribution in [-0.2, 0) is 78.4 Å². The van der Waals surface area contributed by atoms with Crippen LogP contribution in [0.2, 0.25) is 50.4 Å². The summed E-state index contributed by atoms with van der Waals surface area (Å²) in [5.74, 6) is -2.33. The van der Waals surface area contributed by atoms with Gasteiger partial charge in [-0.1, -0.05) is 19.7 Å². The molecule has 1 saturated heterocycles. The number of hydrogen-bond acceptors (Lipinski definition) is 17. The summed E-state index contributed by atoms with van der Waals surface area (Å²) in [6, 6.07) is 2.42. The number of methoxy groups -OCH3 is 1. The van der Waals surface area contributed by atoms with E-state index in [4.69, 9.17) is 49.6 Å². The first-order chi connectivity index (χ1) is 30.9.